The Bertz CT molecular complexity index is 457. The number of nitrogens with one attached hydrogen (secondary N) is 1. The summed E-state index contributed by atoms with van der Waals surface area (Å²) < 4.78 is 29.6. The average Bonchev–Trinajstić information content (AvgIpc) is 2.23. The summed E-state index contributed by atoms with van der Waals surface area (Å²) in [7, 11) is 1.14. The highest BCUT2D eigenvalue weighted by Gasteiger charge is 2.20. The number of aromatic amines is 1. The Morgan fingerprint density at radius 2 is 2.25 bits per heavy atom. The van der Waals surface area contributed by atoms with Crippen LogP contribution in [-0.2, 0) is 16.0 Å². The van der Waals surface area contributed by atoms with Gasteiger partial charge in [0.2, 0.25) is 0 Å². The summed E-state index contributed by atoms with van der Waals surface area (Å²) in [6.45, 7) is 0. The van der Waals surface area contributed by atoms with E-state index >= 15 is 0 Å². The normalized spacial score (nSPS) is 10.5. The van der Waals surface area contributed by atoms with E-state index in [2.05, 4.69) is 9.72 Å². The van der Waals surface area contributed by atoms with Crippen molar-refractivity contribution in [2.45, 2.75) is 12.8 Å². The molecule has 1 aromatic rings. The van der Waals surface area contributed by atoms with Crippen molar-refractivity contribution in [3.8, 4) is 0 Å². The summed E-state index contributed by atoms with van der Waals surface area (Å²) in [6, 6.07) is 0. The van der Waals surface area contributed by atoms with Crippen molar-refractivity contribution in [2.24, 2.45) is 0 Å². The minimum absolute atomic E-state index is 0.0426. The Labute approximate surface area is 89.2 Å². The van der Waals surface area contributed by atoms with E-state index in [4.69, 9.17) is 5.73 Å². The minimum atomic E-state index is -2.91. The zero-order valence-corrected chi connectivity index (χ0v) is 8.42. The SMILES string of the molecule is COC(=O)Cc1c[nH]c(=O)c(N)c1C(F)F. The van der Waals surface area contributed by atoms with Gasteiger partial charge in [-0.2, -0.15) is 0 Å². The van der Waals surface area contributed by atoms with Crippen molar-refractivity contribution in [2.75, 3.05) is 12.8 Å². The number of nitrogens with two attached hydrogens (primary N) is 1. The summed E-state index contributed by atoms with van der Waals surface area (Å²) in [4.78, 5) is 24.1. The highest BCUT2D eigenvalue weighted by molar-refractivity contribution is 5.73. The summed E-state index contributed by atoms with van der Waals surface area (Å²) in [6.07, 6.45) is -2.24. The van der Waals surface area contributed by atoms with Crippen molar-refractivity contribution in [3.63, 3.8) is 0 Å². The molecule has 0 atom stereocenters. The van der Waals surface area contributed by atoms with Crippen LogP contribution in [-0.4, -0.2) is 18.1 Å². The Kier molecular flexibility index (Phi) is 3.60. The molecule has 3 N–H and O–H groups in total. The first-order valence-electron chi connectivity index (χ1n) is 4.32. The van der Waals surface area contributed by atoms with Gasteiger partial charge in [0.05, 0.1) is 19.1 Å². The van der Waals surface area contributed by atoms with E-state index in [-0.39, 0.29) is 12.0 Å². The second-order valence-electron chi connectivity index (χ2n) is 3.02. The number of alkyl halides is 2. The van der Waals surface area contributed by atoms with Crippen LogP contribution in [0.15, 0.2) is 11.0 Å². The molecule has 1 aromatic heterocycles. The Morgan fingerprint density at radius 3 is 2.75 bits per heavy atom. The minimum Gasteiger partial charge on any atom is -0.469 e. The Balaban J connectivity index is 3.23. The van der Waals surface area contributed by atoms with Gasteiger partial charge in [-0.05, 0) is 5.56 Å². The lowest BCUT2D eigenvalue weighted by atomic mass is 10.1. The number of rotatable bonds is 3. The van der Waals surface area contributed by atoms with E-state index in [1.54, 1.807) is 0 Å². The zero-order chi connectivity index (χ0) is 12.3. The molecule has 0 saturated carbocycles. The maximum absolute atomic E-state index is 12.6. The van der Waals surface area contributed by atoms with Crippen molar-refractivity contribution in [1.82, 2.24) is 4.98 Å². The predicted octanol–water partition coefficient (Wildman–Crippen LogP) is 0.610. The first-order valence-corrected chi connectivity index (χ1v) is 4.32. The lowest BCUT2D eigenvalue weighted by molar-refractivity contribution is -0.139. The topological polar surface area (TPSA) is 85.2 Å². The number of methoxy groups -OCH3 is 1. The predicted molar refractivity (Wildman–Crippen MR) is 52.2 cm³/mol. The molecule has 0 amide bonds. The van der Waals surface area contributed by atoms with Gasteiger partial charge in [0.1, 0.15) is 5.69 Å². The molecule has 1 heterocycles. The molecule has 5 nitrogen and oxygen atoms in total. The number of pyridine rings is 1. The summed E-state index contributed by atoms with van der Waals surface area (Å²) >= 11 is 0. The van der Waals surface area contributed by atoms with Crippen molar-refractivity contribution < 1.29 is 18.3 Å². The Morgan fingerprint density at radius 1 is 1.62 bits per heavy atom. The Hall–Kier alpha value is -1.92. The molecule has 0 aliphatic rings. The number of esters is 1. The first kappa shape index (κ1) is 12.2. The number of hydrogen-bond donors (Lipinski definition) is 2. The molecule has 0 unspecified atom stereocenters. The van der Waals surface area contributed by atoms with Crippen molar-refractivity contribution in [3.05, 3.63) is 27.7 Å². The van der Waals surface area contributed by atoms with Crippen LogP contribution in [0.25, 0.3) is 0 Å². The number of nitrogen functional groups attached to an aromatic ring is 1. The molecule has 0 spiro atoms. The molecule has 0 saturated heterocycles. The van der Waals surface area contributed by atoms with Gasteiger partial charge in [0.15, 0.2) is 0 Å². The lowest BCUT2D eigenvalue weighted by Crippen LogP contribution is -2.18. The van der Waals surface area contributed by atoms with Crippen LogP contribution in [0.1, 0.15) is 17.6 Å². The molecule has 88 valence electrons. The third-order valence-electron chi connectivity index (χ3n) is 2.04. The third kappa shape index (κ3) is 2.36. The number of carbonyl (C=O) groups is 1. The van der Waals surface area contributed by atoms with Crippen LogP contribution < -0.4 is 11.3 Å². The number of carbonyl (C=O) groups excluding carboxylic acids is 1. The number of hydrogen-bond acceptors (Lipinski definition) is 4. The van der Waals surface area contributed by atoms with Crippen molar-refractivity contribution >= 4 is 11.7 Å². The largest absolute Gasteiger partial charge is 0.469 e. The van der Waals surface area contributed by atoms with E-state index in [1.165, 1.54) is 0 Å². The van der Waals surface area contributed by atoms with Crippen LogP contribution >= 0.6 is 0 Å². The molecule has 16 heavy (non-hydrogen) atoms. The first-order chi connectivity index (χ1) is 7.47. The van der Waals surface area contributed by atoms with Crippen molar-refractivity contribution in [1.29, 1.82) is 0 Å². The standard InChI is InChI=1S/C9H10F2N2O3/c1-16-5(14)2-4-3-13-9(15)7(12)6(4)8(10)11/h3,8H,2,12H2,1H3,(H,13,15). The van der Waals surface area contributed by atoms with Gasteiger partial charge in [-0.3, -0.25) is 9.59 Å². The summed E-state index contributed by atoms with van der Waals surface area (Å²) in [5.74, 6) is -0.687. The number of anilines is 1. The summed E-state index contributed by atoms with van der Waals surface area (Å²) in [5.41, 5.74) is 3.19. The highest BCUT2D eigenvalue weighted by Crippen LogP contribution is 2.26. The van der Waals surface area contributed by atoms with E-state index in [0.717, 1.165) is 13.3 Å². The van der Waals surface area contributed by atoms with E-state index in [1.807, 2.05) is 0 Å². The number of halogens is 2. The van der Waals surface area contributed by atoms with Gasteiger partial charge in [-0.15, -0.1) is 0 Å². The van der Waals surface area contributed by atoms with Gasteiger partial charge < -0.3 is 15.5 Å². The molecule has 0 aliphatic carbocycles. The van der Waals surface area contributed by atoms with Gasteiger partial charge >= 0.3 is 5.97 Å². The maximum Gasteiger partial charge on any atom is 0.310 e. The number of aromatic nitrogens is 1. The average molecular weight is 232 g/mol. The summed E-state index contributed by atoms with van der Waals surface area (Å²) in [5, 5.41) is 0. The van der Waals surface area contributed by atoms with Gasteiger partial charge in [-0.1, -0.05) is 0 Å². The zero-order valence-electron chi connectivity index (χ0n) is 8.42. The second-order valence-corrected chi connectivity index (χ2v) is 3.02. The molecular formula is C9H10F2N2O3. The van der Waals surface area contributed by atoms with Crippen LogP contribution in [0.2, 0.25) is 0 Å². The number of H-pyrrole nitrogens is 1. The number of ether oxygens (including phenoxy) is 1. The molecule has 0 radical (unpaired) electrons. The fraction of sp³-hybridized carbons (Fsp3) is 0.333. The highest BCUT2D eigenvalue weighted by atomic mass is 19.3. The maximum atomic E-state index is 12.6. The smallest absolute Gasteiger partial charge is 0.310 e. The lowest BCUT2D eigenvalue weighted by Gasteiger charge is -2.09. The monoisotopic (exact) mass is 232 g/mol. The van der Waals surface area contributed by atoms with Crippen LogP contribution in [0.4, 0.5) is 14.5 Å². The molecular weight excluding hydrogens is 222 g/mol. The second kappa shape index (κ2) is 4.73. The molecule has 1 rings (SSSR count). The van der Waals surface area contributed by atoms with Crippen LogP contribution in [0.3, 0.4) is 0 Å². The fourth-order valence-electron chi connectivity index (χ4n) is 1.24. The molecule has 0 fully saturated rings. The molecule has 0 bridgehead atoms. The fourth-order valence-corrected chi connectivity index (χ4v) is 1.24. The third-order valence-corrected chi connectivity index (χ3v) is 2.04. The molecule has 7 heteroatoms. The quantitative estimate of drug-likeness (QED) is 0.747. The van der Waals surface area contributed by atoms with Gasteiger partial charge in [0, 0.05) is 6.20 Å². The molecule has 0 aliphatic heterocycles. The van der Waals surface area contributed by atoms with Gasteiger partial charge in [0.25, 0.3) is 12.0 Å². The van der Waals surface area contributed by atoms with Crippen LogP contribution in [0, 0.1) is 0 Å². The van der Waals surface area contributed by atoms with Crippen LogP contribution in [0.5, 0.6) is 0 Å². The van der Waals surface area contributed by atoms with E-state index < -0.39 is 29.2 Å². The molecule has 0 aromatic carbocycles. The van der Waals surface area contributed by atoms with E-state index in [0.29, 0.717) is 0 Å². The van der Waals surface area contributed by atoms with Gasteiger partial charge in [-0.25, -0.2) is 8.78 Å². The van der Waals surface area contributed by atoms with E-state index in [9.17, 15) is 18.4 Å².